The molecule has 3 rings (SSSR count). The number of quaternary nitrogens is 1. The largest absolute Gasteiger partial charge is 0.336 e. The molecule has 1 aliphatic heterocycles. The van der Waals surface area contributed by atoms with E-state index in [1.807, 2.05) is 24.0 Å². The maximum atomic E-state index is 12.8. The molecule has 6 nitrogen and oxygen atoms in total. The van der Waals surface area contributed by atoms with Gasteiger partial charge in [-0.25, -0.2) is 8.42 Å². The molecular weight excluding hydrogens is 362 g/mol. The van der Waals surface area contributed by atoms with Crippen LogP contribution in [0.25, 0.3) is 0 Å². The van der Waals surface area contributed by atoms with E-state index in [2.05, 4.69) is 12.2 Å². The van der Waals surface area contributed by atoms with Crippen molar-refractivity contribution in [2.75, 3.05) is 32.7 Å². The van der Waals surface area contributed by atoms with Gasteiger partial charge in [0.25, 0.3) is 5.91 Å². The van der Waals surface area contributed by atoms with Crippen LogP contribution in [0.4, 0.5) is 0 Å². The number of hydrogen-bond donors (Lipinski definition) is 1. The van der Waals surface area contributed by atoms with Crippen LogP contribution >= 0.6 is 0 Å². The zero-order valence-electron chi connectivity index (χ0n) is 16.4. The normalized spacial score (nSPS) is 24.7. The number of sulfonamides is 1. The quantitative estimate of drug-likeness (QED) is 0.809. The minimum Gasteiger partial charge on any atom is -0.336 e. The van der Waals surface area contributed by atoms with E-state index >= 15 is 0 Å². The standard InChI is InChI=1S/C20H31N3O3S/c1-16-7-9-18(10-8-16)27(25,26)23-13-11-22(12-14-23)20(24)15-21-19-6-4-3-5-17(19)2/h7-10,17,19,21H,3-6,11-15H2,1-2H3/p+1/t17-,19-/m1/s1. The van der Waals surface area contributed by atoms with Gasteiger partial charge in [0.15, 0.2) is 6.54 Å². The molecule has 0 unspecified atom stereocenters. The van der Waals surface area contributed by atoms with Crippen molar-refractivity contribution in [3.8, 4) is 0 Å². The fourth-order valence-electron chi connectivity index (χ4n) is 4.11. The van der Waals surface area contributed by atoms with Crippen molar-refractivity contribution in [3.05, 3.63) is 29.8 Å². The molecule has 27 heavy (non-hydrogen) atoms. The molecule has 1 saturated heterocycles. The first-order valence-corrected chi connectivity index (χ1v) is 11.5. The van der Waals surface area contributed by atoms with Crippen LogP contribution in [-0.2, 0) is 14.8 Å². The smallest absolute Gasteiger partial charge is 0.277 e. The lowest BCUT2D eigenvalue weighted by Gasteiger charge is -2.34. The highest BCUT2D eigenvalue weighted by Crippen LogP contribution is 2.21. The summed E-state index contributed by atoms with van der Waals surface area (Å²) < 4.78 is 27.0. The fraction of sp³-hybridized carbons (Fsp3) is 0.650. The number of benzene rings is 1. The van der Waals surface area contributed by atoms with Crippen LogP contribution in [-0.4, -0.2) is 62.3 Å². The van der Waals surface area contributed by atoms with E-state index < -0.39 is 10.0 Å². The third-order valence-corrected chi connectivity index (χ3v) is 7.94. The second kappa shape index (κ2) is 8.71. The van der Waals surface area contributed by atoms with Crippen LogP contribution in [0.2, 0.25) is 0 Å². The number of hydrogen-bond acceptors (Lipinski definition) is 3. The summed E-state index contributed by atoms with van der Waals surface area (Å²) in [5, 5.41) is 2.20. The SMILES string of the molecule is Cc1ccc(S(=O)(=O)N2CCN(C(=O)C[NH2+][C@@H]3CCCC[C@H]3C)CC2)cc1. The van der Waals surface area contributed by atoms with E-state index in [1.165, 1.54) is 30.0 Å². The van der Waals surface area contributed by atoms with Gasteiger partial charge in [0, 0.05) is 32.1 Å². The summed E-state index contributed by atoms with van der Waals surface area (Å²) >= 11 is 0. The average molecular weight is 395 g/mol. The number of carbonyl (C=O) groups is 1. The van der Waals surface area contributed by atoms with E-state index in [0.29, 0.717) is 49.6 Å². The lowest BCUT2D eigenvalue weighted by molar-refractivity contribution is -0.688. The lowest BCUT2D eigenvalue weighted by Crippen LogP contribution is -2.93. The summed E-state index contributed by atoms with van der Waals surface area (Å²) in [6, 6.07) is 7.49. The van der Waals surface area contributed by atoms with Crippen molar-refractivity contribution in [3.63, 3.8) is 0 Å². The van der Waals surface area contributed by atoms with Crippen molar-refractivity contribution in [2.24, 2.45) is 5.92 Å². The molecule has 1 aromatic carbocycles. The monoisotopic (exact) mass is 394 g/mol. The highest BCUT2D eigenvalue weighted by molar-refractivity contribution is 7.89. The Bertz CT molecular complexity index is 740. The van der Waals surface area contributed by atoms with Crippen LogP contribution in [0.1, 0.15) is 38.2 Å². The highest BCUT2D eigenvalue weighted by Gasteiger charge is 2.31. The van der Waals surface area contributed by atoms with Gasteiger partial charge in [-0.1, -0.05) is 31.0 Å². The van der Waals surface area contributed by atoms with Crippen molar-refractivity contribution in [1.82, 2.24) is 9.21 Å². The number of rotatable bonds is 5. The second-order valence-corrected chi connectivity index (χ2v) is 9.90. The average Bonchev–Trinajstić information content (AvgIpc) is 2.67. The number of nitrogens with two attached hydrogens (primary N) is 1. The summed E-state index contributed by atoms with van der Waals surface area (Å²) in [6.45, 7) is 6.35. The molecule has 1 aliphatic carbocycles. The molecule has 0 spiro atoms. The Kier molecular flexibility index (Phi) is 6.55. The molecule has 2 atom stereocenters. The highest BCUT2D eigenvalue weighted by atomic mass is 32.2. The third kappa shape index (κ3) is 4.89. The van der Waals surface area contributed by atoms with E-state index in [0.717, 1.165) is 5.56 Å². The summed E-state index contributed by atoms with van der Waals surface area (Å²) in [5.41, 5.74) is 1.04. The molecule has 2 fully saturated rings. The lowest BCUT2D eigenvalue weighted by atomic mass is 9.86. The predicted octanol–water partition coefficient (Wildman–Crippen LogP) is 0.970. The molecule has 1 amide bonds. The van der Waals surface area contributed by atoms with Gasteiger partial charge in [-0.3, -0.25) is 4.79 Å². The Morgan fingerprint density at radius 2 is 1.70 bits per heavy atom. The Balaban J connectivity index is 1.50. The van der Waals surface area contributed by atoms with Crippen LogP contribution in [0.15, 0.2) is 29.2 Å². The van der Waals surface area contributed by atoms with Crippen LogP contribution in [0.3, 0.4) is 0 Å². The first-order valence-electron chi connectivity index (χ1n) is 10.1. The molecule has 1 aromatic rings. The van der Waals surface area contributed by atoms with Crippen molar-refractivity contribution in [1.29, 1.82) is 0 Å². The Morgan fingerprint density at radius 1 is 1.07 bits per heavy atom. The molecule has 2 N–H and O–H groups in total. The zero-order valence-corrected chi connectivity index (χ0v) is 17.2. The van der Waals surface area contributed by atoms with Gasteiger partial charge in [-0.2, -0.15) is 4.31 Å². The third-order valence-electron chi connectivity index (χ3n) is 6.02. The Hall–Kier alpha value is -1.44. The first kappa shape index (κ1) is 20.3. The van der Waals surface area contributed by atoms with Gasteiger partial charge in [0.2, 0.25) is 10.0 Å². The predicted molar refractivity (Wildman–Crippen MR) is 105 cm³/mol. The van der Waals surface area contributed by atoms with Crippen LogP contribution < -0.4 is 5.32 Å². The summed E-state index contributed by atoms with van der Waals surface area (Å²) in [7, 11) is -3.48. The molecule has 1 heterocycles. The Morgan fingerprint density at radius 3 is 2.33 bits per heavy atom. The number of piperazine rings is 1. The first-order chi connectivity index (χ1) is 12.9. The molecule has 150 valence electrons. The van der Waals surface area contributed by atoms with E-state index in [-0.39, 0.29) is 5.91 Å². The van der Waals surface area contributed by atoms with Crippen LogP contribution in [0, 0.1) is 12.8 Å². The number of amides is 1. The van der Waals surface area contributed by atoms with E-state index in [9.17, 15) is 13.2 Å². The molecule has 0 radical (unpaired) electrons. The number of carbonyl (C=O) groups excluding carboxylic acids is 1. The van der Waals surface area contributed by atoms with Gasteiger partial charge in [0.05, 0.1) is 10.9 Å². The van der Waals surface area contributed by atoms with Gasteiger partial charge in [0.1, 0.15) is 0 Å². The van der Waals surface area contributed by atoms with Crippen molar-refractivity contribution < 1.29 is 18.5 Å². The van der Waals surface area contributed by atoms with Gasteiger partial charge >= 0.3 is 0 Å². The fourth-order valence-corrected chi connectivity index (χ4v) is 5.54. The minimum atomic E-state index is -3.48. The molecule has 0 aromatic heterocycles. The molecular formula is C20H32N3O3S+. The summed E-state index contributed by atoms with van der Waals surface area (Å²) in [6.07, 6.45) is 5.01. The van der Waals surface area contributed by atoms with E-state index in [1.54, 1.807) is 12.1 Å². The van der Waals surface area contributed by atoms with Crippen molar-refractivity contribution in [2.45, 2.75) is 50.5 Å². The summed E-state index contributed by atoms with van der Waals surface area (Å²) in [5.74, 6) is 0.795. The van der Waals surface area contributed by atoms with Crippen molar-refractivity contribution >= 4 is 15.9 Å². The minimum absolute atomic E-state index is 0.125. The van der Waals surface area contributed by atoms with Gasteiger partial charge < -0.3 is 10.2 Å². The zero-order chi connectivity index (χ0) is 19.4. The number of aryl methyl sites for hydroxylation is 1. The number of nitrogens with zero attached hydrogens (tertiary/aromatic N) is 2. The maximum Gasteiger partial charge on any atom is 0.277 e. The molecule has 1 saturated carbocycles. The van der Waals surface area contributed by atoms with Gasteiger partial charge in [-0.05, 0) is 38.3 Å². The second-order valence-electron chi connectivity index (χ2n) is 7.96. The molecule has 7 heteroatoms. The summed E-state index contributed by atoms with van der Waals surface area (Å²) in [4.78, 5) is 14.7. The molecule has 0 bridgehead atoms. The van der Waals surface area contributed by atoms with Crippen LogP contribution in [0.5, 0.6) is 0 Å². The topological polar surface area (TPSA) is 74.3 Å². The maximum absolute atomic E-state index is 12.8. The molecule has 2 aliphatic rings. The Labute approximate surface area is 163 Å². The van der Waals surface area contributed by atoms with Gasteiger partial charge in [-0.15, -0.1) is 0 Å². The van der Waals surface area contributed by atoms with E-state index in [4.69, 9.17) is 0 Å².